The van der Waals surface area contributed by atoms with Gasteiger partial charge < -0.3 is 65.0 Å². The summed E-state index contributed by atoms with van der Waals surface area (Å²) in [5, 5.41) is 48.6. The average molecular weight is 558 g/mol. The summed E-state index contributed by atoms with van der Waals surface area (Å²) in [6.07, 6.45) is -0.944. The van der Waals surface area contributed by atoms with E-state index in [1.165, 1.54) is 0 Å². The van der Waals surface area contributed by atoms with Crippen molar-refractivity contribution < 1.29 is 69.0 Å². The minimum absolute atomic E-state index is 0.0213. The van der Waals surface area contributed by atoms with E-state index in [2.05, 4.69) is 5.73 Å². The summed E-state index contributed by atoms with van der Waals surface area (Å²) in [7, 11) is 0. The molecular weight excluding hydrogens is 524 g/mol. The smallest absolute Gasteiger partial charge is 0.321 e. The molecule has 0 spiro atoms. The fourth-order valence-electron chi connectivity index (χ4n) is 1.40. The number of carbonyl (C=O) groups excluding carboxylic acids is 2. The van der Waals surface area contributed by atoms with Gasteiger partial charge in [-0.1, -0.05) is 0 Å². The summed E-state index contributed by atoms with van der Waals surface area (Å²) < 4.78 is 0. The van der Waals surface area contributed by atoms with Crippen molar-refractivity contribution in [2.45, 2.75) is 62.7 Å². The lowest BCUT2D eigenvalue weighted by molar-refractivity contribution is -0.144. The number of carbonyl (C=O) groups is 8. The number of amides is 2. The van der Waals surface area contributed by atoms with Crippen molar-refractivity contribution in [3.8, 4) is 0 Å². The van der Waals surface area contributed by atoms with Gasteiger partial charge in [-0.3, -0.25) is 38.4 Å². The van der Waals surface area contributed by atoms with Crippen LogP contribution in [0.1, 0.15) is 38.5 Å². The first-order chi connectivity index (χ1) is 17.1. The predicted molar refractivity (Wildman–Crippen MR) is 124 cm³/mol. The van der Waals surface area contributed by atoms with Crippen molar-refractivity contribution >= 4 is 47.6 Å². The summed E-state index contributed by atoms with van der Waals surface area (Å²) in [6.45, 7) is 0. The molecule has 4 atom stereocenters. The van der Waals surface area contributed by atoms with Crippen LogP contribution < -0.4 is 34.4 Å². The van der Waals surface area contributed by atoms with Crippen LogP contribution in [0, 0.1) is 0 Å². The topological polar surface area (TPSA) is 414 Å². The molecule has 0 aromatic rings. The van der Waals surface area contributed by atoms with Gasteiger partial charge in [-0.05, 0) is 12.8 Å². The SMILES string of the molecule is NC(=O)CC[C@H](N)C(=O)O.NC(=O)C[C@H](N)C(=O)O.N[C@@H](CC(=O)O)C(=O)O.N[C@@H](CCC(=O)O)C(=O)O. The minimum Gasteiger partial charge on any atom is -0.481 e. The maximum absolute atomic E-state index is 10.1. The number of hydrogen-bond donors (Lipinski definition) is 12. The number of carboxylic acids is 6. The molecule has 0 heterocycles. The van der Waals surface area contributed by atoms with Gasteiger partial charge in [0.15, 0.2) is 0 Å². The van der Waals surface area contributed by atoms with Gasteiger partial charge in [0.25, 0.3) is 0 Å². The number of primary amides is 2. The Morgan fingerprint density at radius 1 is 0.447 bits per heavy atom. The second kappa shape index (κ2) is 23.0. The standard InChI is InChI=1S/C5H10N2O3.C5H9NO4.C4H8N2O3.C4H7NO4/c2*6-3(5(9)10)1-2-4(7)8;2*5-2(4(8)9)1-3(6)7/h3H,1-2,6H2,(H2,7,8)(H,9,10);3H,1-2,6H2,(H,7,8)(H,9,10);2H,1,5H2,(H2,6,7)(H,8,9);2H,1,5H2,(H,6,7)(H,8,9)/t2*3-;2*2-/m0000/s1. The van der Waals surface area contributed by atoms with Crippen LogP contribution in [0.2, 0.25) is 0 Å². The van der Waals surface area contributed by atoms with Crippen LogP contribution >= 0.6 is 0 Å². The normalized spacial score (nSPS) is 12.5. The summed E-state index contributed by atoms with van der Waals surface area (Å²) >= 11 is 0. The first kappa shape index (κ1) is 40.8. The van der Waals surface area contributed by atoms with Crippen molar-refractivity contribution in [1.29, 1.82) is 0 Å². The van der Waals surface area contributed by atoms with Gasteiger partial charge in [0.05, 0.1) is 12.8 Å². The third kappa shape index (κ3) is 33.8. The molecule has 0 bridgehead atoms. The molecule has 0 aliphatic heterocycles. The molecule has 0 aromatic heterocycles. The van der Waals surface area contributed by atoms with Crippen molar-refractivity contribution in [3.05, 3.63) is 0 Å². The Balaban J connectivity index is -0.000000203. The largest absolute Gasteiger partial charge is 0.481 e. The van der Waals surface area contributed by atoms with E-state index in [-0.39, 0.29) is 32.1 Å². The van der Waals surface area contributed by atoms with E-state index in [0.29, 0.717) is 0 Å². The van der Waals surface area contributed by atoms with Crippen molar-refractivity contribution in [1.82, 2.24) is 0 Å². The number of rotatable bonds is 14. The lowest BCUT2D eigenvalue weighted by atomic mass is 10.2. The van der Waals surface area contributed by atoms with Crippen LogP contribution in [0.15, 0.2) is 0 Å². The molecule has 0 fully saturated rings. The van der Waals surface area contributed by atoms with E-state index in [1.807, 2.05) is 0 Å². The highest BCUT2D eigenvalue weighted by Crippen LogP contribution is 1.94. The molecule has 0 rings (SSSR count). The van der Waals surface area contributed by atoms with E-state index >= 15 is 0 Å². The molecule has 20 nitrogen and oxygen atoms in total. The van der Waals surface area contributed by atoms with Gasteiger partial charge in [-0.25, -0.2) is 0 Å². The van der Waals surface area contributed by atoms with E-state index in [1.54, 1.807) is 0 Å². The fourth-order valence-corrected chi connectivity index (χ4v) is 1.40. The monoisotopic (exact) mass is 558 g/mol. The van der Waals surface area contributed by atoms with Crippen LogP contribution in [0.3, 0.4) is 0 Å². The van der Waals surface area contributed by atoms with Crippen molar-refractivity contribution in [3.63, 3.8) is 0 Å². The highest BCUT2D eigenvalue weighted by molar-refractivity contribution is 5.83. The molecule has 0 unspecified atom stereocenters. The Hall–Kier alpha value is -4.40. The Bertz CT molecular complexity index is 755. The van der Waals surface area contributed by atoms with E-state index in [0.717, 1.165) is 0 Å². The Morgan fingerprint density at radius 2 is 0.763 bits per heavy atom. The second-order valence-electron chi connectivity index (χ2n) is 6.98. The number of nitrogens with two attached hydrogens (primary N) is 6. The molecular formula is C18H34N6O14. The summed E-state index contributed by atoms with van der Waals surface area (Å²) in [5.74, 6) is -8.25. The van der Waals surface area contributed by atoms with Gasteiger partial charge in [-0.2, -0.15) is 0 Å². The maximum atomic E-state index is 10.1. The highest BCUT2D eigenvalue weighted by atomic mass is 16.4. The number of hydrogen-bond acceptors (Lipinski definition) is 12. The molecule has 2 amide bonds. The molecule has 0 aliphatic carbocycles. The van der Waals surface area contributed by atoms with Gasteiger partial charge in [0, 0.05) is 12.8 Å². The van der Waals surface area contributed by atoms with Crippen LogP contribution in [0.5, 0.6) is 0 Å². The maximum Gasteiger partial charge on any atom is 0.321 e. The molecule has 0 radical (unpaired) electrons. The zero-order valence-corrected chi connectivity index (χ0v) is 20.0. The zero-order valence-electron chi connectivity index (χ0n) is 20.0. The second-order valence-corrected chi connectivity index (χ2v) is 6.98. The van der Waals surface area contributed by atoms with Crippen LogP contribution in [0.25, 0.3) is 0 Å². The summed E-state index contributed by atoms with van der Waals surface area (Å²) in [6, 6.07) is -4.49. The lowest BCUT2D eigenvalue weighted by Crippen LogP contribution is -2.34. The van der Waals surface area contributed by atoms with E-state index in [4.69, 9.17) is 59.3 Å². The molecule has 0 saturated heterocycles. The number of aliphatic carboxylic acids is 6. The molecule has 20 heteroatoms. The first-order valence-corrected chi connectivity index (χ1v) is 10.1. The lowest BCUT2D eigenvalue weighted by Gasteiger charge is -2.01. The molecule has 0 aromatic carbocycles. The Morgan fingerprint density at radius 3 is 0.947 bits per heavy atom. The van der Waals surface area contributed by atoms with Crippen molar-refractivity contribution in [2.75, 3.05) is 0 Å². The van der Waals surface area contributed by atoms with E-state index < -0.39 is 78.2 Å². The average Bonchev–Trinajstić information content (AvgIpc) is 2.75. The van der Waals surface area contributed by atoms with Crippen LogP contribution in [0.4, 0.5) is 0 Å². The fraction of sp³-hybridized carbons (Fsp3) is 0.556. The van der Waals surface area contributed by atoms with Crippen molar-refractivity contribution in [2.24, 2.45) is 34.4 Å². The zero-order chi connectivity index (χ0) is 31.2. The van der Waals surface area contributed by atoms with Gasteiger partial charge in [0.2, 0.25) is 11.8 Å². The minimum atomic E-state index is -1.29. The van der Waals surface area contributed by atoms with Crippen LogP contribution in [-0.2, 0) is 38.4 Å². The van der Waals surface area contributed by atoms with Crippen LogP contribution in [-0.4, -0.2) is 102 Å². The Kier molecular flexibility index (Phi) is 24.7. The summed E-state index contributed by atoms with van der Waals surface area (Å²) in [4.78, 5) is 79.5. The molecule has 38 heavy (non-hydrogen) atoms. The van der Waals surface area contributed by atoms with Gasteiger partial charge >= 0.3 is 35.8 Å². The first-order valence-electron chi connectivity index (χ1n) is 10.1. The predicted octanol–water partition coefficient (Wildman–Crippen LogP) is -4.93. The molecule has 0 saturated carbocycles. The summed E-state index contributed by atoms with van der Waals surface area (Å²) in [5.41, 5.74) is 29.2. The highest BCUT2D eigenvalue weighted by Gasteiger charge is 2.15. The third-order valence-corrected chi connectivity index (χ3v) is 3.46. The quantitative estimate of drug-likeness (QED) is 0.0949. The van der Waals surface area contributed by atoms with E-state index in [9.17, 15) is 38.4 Å². The molecule has 18 N–H and O–H groups in total. The third-order valence-electron chi connectivity index (χ3n) is 3.46. The molecule has 0 aliphatic rings. The number of carboxylic acid groups (broad SMARTS) is 6. The van der Waals surface area contributed by atoms with Gasteiger partial charge in [-0.15, -0.1) is 0 Å². The van der Waals surface area contributed by atoms with Gasteiger partial charge in [0.1, 0.15) is 24.2 Å². The molecule has 220 valence electrons. The Labute approximate surface area is 214 Å².